The molecule has 1 saturated heterocycles. The first-order valence-electron chi connectivity index (χ1n) is 6.92. The molecular weight excluding hydrogens is 262 g/mol. The van der Waals surface area contributed by atoms with Crippen molar-refractivity contribution in [3.8, 4) is 0 Å². The maximum absolute atomic E-state index is 12.5. The Labute approximate surface area is 120 Å². The van der Waals surface area contributed by atoms with Gasteiger partial charge in [0.15, 0.2) is 5.78 Å². The van der Waals surface area contributed by atoms with Crippen LogP contribution in [0.5, 0.6) is 0 Å². The Hall–Kier alpha value is -0.870. The second kappa shape index (κ2) is 5.25. The first-order valence-corrected chi connectivity index (χ1v) is 6.92. The fourth-order valence-electron chi connectivity index (χ4n) is 3.43. The zero-order valence-electron chi connectivity index (χ0n) is 11.6. The Balaban J connectivity index is 0.00000133. The van der Waals surface area contributed by atoms with Gasteiger partial charge in [0.1, 0.15) is 5.69 Å². The molecule has 0 radical (unpaired) electrons. The van der Waals surface area contributed by atoms with Gasteiger partial charge in [0.25, 0.3) is 0 Å². The van der Waals surface area contributed by atoms with E-state index >= 15 is 0 Å². The molecule has 1 spiro atoms. The molecule has 5 heteroatoms. The number of nitrogens with one attached hydrogen (secondary N) is 1. The van der Waals surface area contributed by atoms with Crippen LogP contribution in [0.2, 0.25) is 0 Å². The van der Waals surface area contributed by atoms with E-state index in [1.807, 2.05) is 10.9 Å². The third-order valence-corrected chi connectivity index (χ3v) is 4.39. The maximum Gasteiger partial charge on any atom is 0.181 e. The molecule has 0 amide bonds. The predicted molar refractivity (Wildman–Crippen MR) is 77.0 cm³/mol. The van der Waals surface area contributed by atoms with Gasteiger partial charge >= 0.3 is 0 Å². The van der Waals surface area contributed by atoms with Crippen molar-refractivity contribution >= 4 is 18.2 Å². The van der Waals surface area contributed by atoms with Gasteiger partial charge in [-0.05, 0) is 51.6 Å². The number of ketones is 1. The molecule has 1 fully saturated rings. The van der Waals surface area contributed by atoms with E-state index in [4.69, 9.17) is 0 Å². The molecule has 3 rings (SSSR count). The Morgan fingerprint density at radius 1 is 1.32 bits per heavy atom. The van der Waals surface area contributed by atoms with Crippen LogP contribution in [0.15, 0.2) is 6.20 Å². The standard InChI is InChI=1S/C14H21N3O.ClH/c1-10(2)17-13-11(9-16-17)7-14(8-12(13)18)3-5-15-6-4-14;/h9-10,15H,3-8H2,1-2H3;1H. The average Bonchev–Trinajstić information content (AvgIpc) is 2.73. The molecule has 0 atom stereocenters. The second-order valence-corrected chi connectivity index (χ2v) is 6.08. The molecule has 1 aliphatic carbocycles. The Bertz CT molecular complexity index is 475. The van der Waals surface area contributed by atoms with Crippen molar-refractivity contribution in [3.63, 3.8) is 0 Å². The molecular formula is C14H22ClN3O. The lowest BCUT2D eigenvalue weighted by Crippen LogP contribution is -2.42. The second-order valence-electron chi connectivity index (χ2n) is 6.08. The number of halogens is 1. The van der Waals surface area contributed by atoms with Gasteiger partial charge in [0.05, 0.1) is 6.20 Å². The van der Waals surface area contributed by atoms with Crippen LogP contribution in [0, 0.1) is 5.41 Å². The fourth-order valence-corrected chi connectivity index (χ4v) is 3.43. The van der Waals surface area contributed by atoms with Crippen LogP contribution in [-0.2, 0) is 6.42 Å². The number of rotatable bonds is 1. The quantitative estimate of drug-likeness (QED) is 0.861. The number of aromatic nitrogens is 2. The lowest BCUT2D eigenvalue weighted by atomic mass is 9.67. The summed E-state index contributed by atoms with van der Waals surface area (Å²) in [6.07, 6.45) is 5.88. The van der Waals surface area contributed by atoms with Gasteiger partial charge in [0, 0.05) is 18.0 Å². The van der Waals surface area contributed by atoms with Crippen LogP contribution in [0.3, 0.4) is 0 Å². The number of hydrogen-bond donors (Lipinski definition) is 1. The smallest absolute Gasteiger partial charge is 0.181 e. The number of Topliss-reactive ketones (excluding diaryl/α,β-unsaturated/α-hetero) is 1. The van der Waals surface area contributed by atoms with Gasteiger partial charge in [-0.15, -0.1) is 12.4 Å². The molecule has 19 heavy (non-hydrogen) atoms. The number of carbonyl (C=O) groups excluding carboxylic acids is 1. The molecule has 1 aliphatic heterocycles. The van der Waals surface area contributed by atoms with Crippen LogP contribution in [0.25, 0.3) is 0 Å². The molecule has 1 N–H and O–H groups in total. The van der Waals surface area contributed by atoms with E-state index in [9.17, 15) is 4.79 Å². The monoisotopic (exact) mass is 283 g/mol. The zero-order chi connectivity index (χ0) is 12.8. The van der Waals surface area contributed by atoms with Crippen molar-refractivity contribution in [1.29, 1.82) is 0 Å². The summed E-state index contributed by atoms with van der Waals surface area (Å²) in [6.45, 7) is 6.24. The summed E-state index contributed by atoms with van der Waals surface area (Å²) in [4.78, 5) is 12.5. The minimum Gasteiger partial charge on any atom is -0.317 e. The summed E-state index contributed by atoms with van der Waals surface area (Å²) < 4.78 is 1.89. The topological polar surface area (TPSA) is 46.9 Å². The molecule has 1 aromatic heterocycles. The average molecular weight is 284 g/mol. The van der Waals surface area contributed by atoms with Gasteiger partial charge in [-0.3, -0.25) is 9.48 Å². The van der Waals surface area contributed by atoms with E-state index in [1.165, 1.54) is 5.56 Å². The van der Waals surface area contributed by atoms with E-state index in [0.29, 0.717) is 12.2 Å². The Kier molecular flexibility index (Phi) is 4.02. The lowest BCUT2D eigenvalue weighted by Gasteiger charge is -2.40. The third kappa shape index (κ3) is 2.43. The highest BCUT2D eigenvalue weighted by molar-refractivity contribution is 5.97. The van der Waals surface area contributed by atoms with Crippen molar-refractivity contribution in [3.05, 3.63) is 17.5 Å². The molecule has 2 heterocycles. The van der Waals surface area contributed by atoms with Crippen LogP contribution >= 0.6 is 12.4 Å². The van der Waals surface area contributed by atoms with Crippen molar-refractivity contribution < 1.29 is 4.79 Å². The Morgan fingerprint density at radius 2 is 2.00 bits per heavy atom. The molecule has 1 aromatic rings. The van der Waals surface area contributed by atoms with Gasteiger partial charge in [-0.2, -0.15) is 5.10 Å². The number of fused-ring (bicyclic) bond motifs is 1. The molecule has 0 unspecified atom stereocenters. The SMILES string of the molecule is CC(C)n1ncc2c1C(=O)CC1(CCNCC1)C2.Cl. The van der Waals surface area contributed by atoms with Crippen LogP contribution in [-0.4, -0.2) is 28.7 Å². The number of carbonyl (C=O) groups is 1. The molecule has 106 valence electrons. The van der Waals surface area contributed by atoms with Gasteiger partial charge in [-0.25, -0.2) is 0 Å². The highest BCUT2D eigenvalue weighted by Crippen LogP contribution is 2.42. The summed E-state index contributed by atoms with van der Waals surface area (Å²) in [5.74, 6) is 0.296. The highest BCUT2D eigenvalue weighted by Gasteiger charge is 2.41. The van der Waals surface area contributed by atoms with Crippen LogP contribution in [0.1, 0.15) is 55.2 Å². The van der Waals surface area contributed by atoms with E-state index < -0.39 is 0 Å². The van der Waals surface area contributed by atoms with Crippen molar-refractivity contribution in [2.24, 2.45) is 5.41 Å². The molecule has 2 aliphatic rings. The zero-order valence-corrected chi connectivity index (χ0v) is 12.4. The molecule has 4 nitrogen and oxygen atoms in total. The van der Waals surface area contributed by atoms with Crippen molar-refractivity contribution in [1.82, 2.24) is 15.1 Å². The molecule has 0 saturated carbocycles. The van der Waals surface area contributed by atoms with E-state index in [-0.39, 0.29) is 23.9 Å². The maximum atomic E-state index is 12.5. The summed E-state index contributed by atoms with van der Waals surface area (Å²) in [6, 6.07) is 0.264. The highest BCUT2D eigenvalue weighted by atomic mass is 35.5. The third-order valence-electron chi connectivity index (χ3n) is 4.39. The van der Waals surface area contributed by atoms with Gasteiger partial charge in [0.2, 0.25) is 0 Å². The fraction of sp³-hybridized carbons (Fsp3) is 0.714. The van der Waals surface area contributed by atoms with E-state index in [1.54, 1.807) is 0 Å². The van der Waals surface area contributed by atoms with E-state index in [2.05, 4.69) is 24.3 Å². The number of nitrogens with zero attached hydrogens (tertiary/aromatic N) is 2. The van der Waals surface area contributed by atoms with Crippen LogP contribution < -0.4 is 5.32 Å². The minimum absolute atomic E-state index is 0. The van der Waals surface area contributed by atoms with Gasteiger partial charge < -0.3 is 5.32 Å². The van der Waals surface area contributed by atoms with E-state index in [0.717, 1.165) is 38.0 Å². The first kappa shape index (κ1) is 14.5. The minimum atomic E-state index is 0. The number of hydrogen-bond acceptors (Lipinski definition) is 3. The molecule has 0 aromatic carbocycles. The normalized spacial score (nSPS) is 21.3. The van der Waals surface area contributed by atoms with Gasteiger partial charge in [-0.1, -0.05) is 0 Å². The van der Waals surface area contributed by atoms with Crippen molar-refractivity contribution in [2.45, 2.75) is 45.6 Å². The predicted octanol–water partition coefficient (Wildman–Crippen LogP) is 2.38. The lowest BCUT2D eigenvalue weighted by molar-refractivity contribution is 0.0822. The largest absolute Gasteiger partial charge is 0.317 e. The van der Waals surface area contributed by atoms with Crippen LogP contribution in [0.4, 0.5) is 0 Å². The summed E-state index contributed by atoms with van der Waals surface area (Å²) in [7, 11) is 0. The Morgan fingerprint density at radius 3 is 2.63 bits per heavy atom. The van der Waals surface area contributed by atoms with Crippen molar-refractivity contribution in [2.75, 3.05) is 13.1 Å². The summed E-state index contributed by atoms with van der Waals surface area (Å²) in [5.41, 5.74) is 2.25. The number of piperidine rings is 1. The summed E-state index contributed by atoms with van der Waals surface area (Å²) in [5, 5.41) is 7.79. The summed E-state index contributed by atoms with van der Waals surface area (Å²) >= 11 is 0. The molecule has 0 bridgehead atoms. The first-order chi connectivity index (χ1) is 8.61.